The number of hydrogen-bond acceptors (Lipinski definition) is 7. The lowest BCUT2D eigenvalue weighted by Gasteiger charge is -2.28. The molecule has 1 atom stereocenters. The first-order valence-electron chi connectivity index (χ1n) is 12.0. The van der Waals surface area contributed by atoms with Gasteiger partial charge in [0.1, 0.15) is 5.69 Å². The maximum Gasteiger partial charge on any atom is 0.416 e. The Hall–Kier alpha value is -4.05. The van der Waals surface area contributed by atoms with Crippen molar-refractivity contribution in [1.29, 1.82) is 0 Å². The van der Waals surface area contributed by atoms with Crippen LogP contribution in [0.2, 0.25) is 0 Å². The van der Waals surface area contributed by atoms with Crippen LogP contribution < -0.4 is 15.5 Å². The van der Waals surface area contributed by atoms with E-state index in [1.54, 1.807) is 18.3 Å². The van der Waals surface area contributed by atoms with E-state index >= 15 is 0 Å². The van der Waals surface area contributed by atoms with Crippen LogP contribution >= 0.6 is 0 Å². The van der Waals surface area contributed by atoms with Gasteiger partial charge in [-0.2, -0.15) is 13.2 Å². The van der Waals surface area contributed by atoms with Crippen molar-refractivity contribution < 1.29 is 13.2 Å². The zero-order valence-corrected chi connectivity index (χ0v) is 20.2. The third-order valence-electron chi connectivity index (χ3n) is 6.26. The summed E-state index contributed by atoms with van der Waals surface area (Å²) in [6, 6.07) is 18.6. The van der Waals surface area contributed by atoms with Gasteiger partial charge >= 0.3 is 6.18 Å². The molecular formula is C27H26F3N7. The minimum Gasteiger partial charge on any atom is -0.353 e. The van der Waals surface area contributed by atoms with Gasteiger partial charge in [-0.05, 0) is 36.8 Å². The van der Waals surface area contributed by atoms with Crippen LogP contribution in [0.1, 0.15) is 24.1 Å². The number of hydrogen-bond donors (Lipinski definition) is 2. The Kier molecular flexibility index (Phi) is 7.00. The van der Waals surface area contributed by atoms with E-state index < -0.39 is 11.7 Å². The second-order valence-corrected chi connectivity index (χ2v) is 8.82. The largest absolute Gasteiger partial charge is 0.416 e. The molecule has 4 aromatic rings. The molecule has 5 rings (SSSR count). The molecule has 0 radical (unpaired) electrons. The molecule has 190 valence electrons. The number of halogens is 3. The molecule has 0 amide bonds. The first kappa shape index (κ1) is 24.6. The fourth-order valence-corrected chi connectivity index (χ4v) is 4.28. The molecule has 0 bridgehead atoms. The lowest BCUT2D eigenvalue weighted by atomic mass is 10.0. The van der Waals surface area contributed by atoms with Gasteiger partial charge in [-0.15, -0.1) is 10.2 Å². The van der Waals surface area contributed by atoms with E-state index in [9.17, 15) is 13.2 Å². The molecule has 0 spiro atoms. The average Bonchev–Trinajstić information content (AvgIpc) is 2.93. The number of anilines is 2. The van der Waals surface area contributed by atoms with E-state index in [1.165, 1.54) is 6.07 Å². The van der Waals surface area contributed by atoms with Gasteiger partial charge in [-0.25, -0.2) is 9.97 Å². The standard InChI is InChI=1S/C27H26F3N7/c1-18(19-6-3-2-4-7-19)33-26-32-11-10-23(34-26)22-17-24(37-14-12-31-13-15-37)35-36-25(22)20-8-5-9-21(16-20)27(28,29)30/h2-11,16-18,31H,12-15H2,1H3,(H,32,33,34)/t18-/m0/s1. The Morgan fingerprint density at radius 1 is 0.946 bits per heavy atom. The van der Waals surface area contributed by atoms with E-state index in [4.69, 9.17) is 4.98 Å². The van der Waals surface area contributed by atoms with Crippen molar-refractivity contribution in [2.75, 3.05) is 36.4 Å². The van der Waals surface area contributed by atoms with Gasteiger partial charge < -0.3 is 15.5 Å². The third kappa shape index (κ3) is 5.69. The summed E-state index contributed by atoms with van der Waals surface area (Å²) in [5.41, 5.74) is 2.09. The highest BCUT2D eigenvalue weighted by Crippen LogP contribution is 2.36. The van der Waals surface area contributed by atoms with Gasteiger partial charge in [0.25, 0.3) is 0 Å². The first-order valence-corrected chi connectivity index (χ1v) is 12.0. The van der Waals surface area contributed by atoms with E-state index in [1.807, 2.05) is 43.3 Å². The van der Waals surface area contributed by atoms with Gasteiger partial charge in [0.15, 0.2) is 5.82 Å². The van der Waals surface area contributed by atoms with Gasteiger partial charge in [0.05, 0.1) is 17.3 Å². The number of piperazine rings is 1. The Balaban J connectivity index is 1.56. The van der Waals surface area contributed by atoms with Crippen LogP contribution in [0.4, 0.5) is 24.9 Å². The van der Waals surface area contributed by atoms with Crippen molar-refractivity contribution >= 4 is 11.8 Å². The highest BCUT2D eigenvalue weighted by Gasteiger charge is 2.31. The van der Waals surface area contributed by atoms with Gasteiger partial charge in [-0.1, -0.05) is 42.5 Å². The highest BCUT2D eigenvalue weighted by molar-refractivity contribution is 5.81. The molecule has 2 N–H and O–H groups in total. The predicted molar refractivity (Wildman–Crippen MR) is 137 cm³/mol. The average molecular weight is 506 g/mol. The normalized spacial score (nSPS) is 14.9. The van der Waals surface area contributed by atoms with Crippen LogP contribution in [-0.4, -0.2) is 46.3 Å². The summed E-state index contributed by atoms with van der Waals surface area (Å²) in [7, 11) is 0. The quantitative estimate of drug-likeness (QED) is 0.373. The number of benzene rings is 2. The molecule has 1 aliphatic rings. The zero-order valence-electron chi connectivity index (χ0n) is 20.2. The Labute approximate surface area is 212 Å². The lowest BCUT2D eigenvalue weighted by Crippen LogP contribution is -2.44. The minimum atomic E-state index is -4.47. The summed E-state index contributed by atoms with van der Waals surface area (Å²) in [4.78, 5) is 11.2. The van der Waals surface area contributed by atoms with Crippen LogP contribution in [0.3, 0.4) is 0 Å². The molecule has 1 aliphatic heterocycles. The van der Waals surface area contributed by atoms with Gasteiger partial charge in [0, 0.05) is 43.5 Å². The summed E-state index contributed by atoms with van der Waals surface area (Å²) in [5.74, 6) is 1.06. The van der Waals surface area contributed by atoms with Crippen LogP contribution in [0.5, 0.6) is 0 Å². The van der Waals surface area contributed by atoms with E-state index in [2.05, 4.69) is 30.7 Å². The van der Waals surface area contributed by atoms with Crippen molar-refractivity contribution in [1.82, 2.24) is 25.5 Å². The number of rotatable bonds is 6. The molecule has 7 nitrogen and oxygen atoms in total. The minimum absolute atomic E-state index is 0.0497. The summed E-state index contributed by atoms with van der Waals surface area (Å²) in [6.07, 6.45) is -2.84. The summed E-state index contributed by atoms with van der Waals surface area (Å²) in [6.45, 7) is 5.14. The second-order valence-electron chi connectivity index (χ2n) is 8.82. The predicted octanol–water partition coefficient (Wildman–Crippen LogP) is 5.20. The molecule has 2 aromatic heterocycles. The second kappa shape index (κ2) is 10.5. The molecule has 2 aromatic carbocycles. The highest BCUT2D eigenvalue weighted by atomic mass is 19.4. The molecule has 0 aliphatic carbocycles. The van der Waals surface area contributed by atoms with Gasteiger partial charge in [0.2, 0.25) is 5.95 Å². The maximum atomic E-state index is 13.5. The summed E-state index contributed by atoms with van der Waals surface area (Å²) in [5, 5.41) is 15.4. The van der Waals surface area contributed by atoms with E-state index in [0.29, 0.717) is 34.3 Å². The van der Waals surface area contributed by atoms with E-state index in [-0.39, 0.29) is 6.04 Å². The summed E-state index contributed by atoms with van der Waals surface area (Å²) >= 11 is 0. The maximum absolute atomic E-state index is 13.5. The zero-order chi connectivity index (χ0) is 25.8. The smallest absolute Gasteiger partial charge is 0.353 e. The third-order valence-corrected chi connectivity index (χ3v) is 6.26. The monoisotopic (exact) mass is 505 g/mol. The SMILES string of the molecule is C[C@H](Nc1nccc(-c2cc(N3CCNCC3)nnc2-c2cccc(C(F)(F)F)c2)n1)c1ccccc1. The number of nitrogens with zero attached hydrogens (tertiary/aromatic N) is 5. The van der Waals surface area contributed by atoms with Crippen molar-refractivity contribution in [3.63, 3.8) is 0 Å². The number of nitrogens with one attached hydrogen (secondary N) is 2. The molecular weight excluding hydrogens is 479 g/mol. The molecule has 0 unspecified atom stereocenters. The van der Waals surface area contributed by atoms with Crippen LogP contribution in [-0.2, 0) is 6.18 Å². The number of alkyl halides is 3. The molecule has 1 fully saturated rings. The Bertz CT molecular complexity index is 1360. The van der Waals surface area contributed by atoms with E-state index in [0.717, 1.165) is 43.9 Å². The lowest BCUT2D eigenvalue weighted by molar-refractivity contribution is -0.137. The molecule has 10 heteroatoms. The Morgan fingerprint density at radius 2 is 1.73 bits per heavy atom. The molecule has 0 saturated carbocycles. The fourth-order valence-electron chi connectivity index (χ4n) is 4.28. The Morgan fingerprint density at radius 3 is 2.49 bits per heavy atom. The molecule has 1 saturated heterocycles. The first-order chi connectivity index (χ1) is 17.9. The van der Waals surface area contributed by atoms with Crippen molar-refractivity contribution in [2.45, 2.75) is 19.1 Å². The van der Waals surface area contributed by atoms with Crippen molar-refractivity contribution in [3.05, 3.63) is 84.1 Å². The number of aromatic nitrogens is 4. The van der Waals surface area contributed by atoms with Crippen molar-refractivity contribution in [3.8, 4) is 22.5 Å². The molecule has 3 heterocycles. The fraction of sp³-hybridized carbons (Fsp3) is 0.259. The van der Waals surface area contributed by atoms with Crippen LogP contribution in [0.15, 0.2) is 72.9 Å². The van der Waals surface area contributed by atoms with Crippen LogP contribution in [0, 0.1) is 0 Å². The topological polar surface area (TPSA) is 78.9 Å². The summed E-state index contributed by atoms with van der Waals surface area (Å²) < 4.78 is 40.4. The molecule has 37 heavy (non-hydrogen) atoms. The van der Waals surface area contributed by atoms with Crippen molar-refractivity contribution in [2.24, 2.45) is 0 Å². The van der Waals surface area contributed by atoms with Crippen LogP contribution in [0.25, 0.3) is 22.5 Å². The van der Waals surface area contributed by atoms with Gasteiger partial charge in [-0.3, -0.25) is 0 Å².